The van der Waals surface area contributed by atoms with Gasteiger partial charge in [0.25, 0.3) is 0 Å². The molecule has 1 aromatic rings. The minimum absolute atomic E-state index is 0.00175. The number of aryl methyl sites for hydroxylation is 1. The van der Waals surface area contributed by atoms with Crippen LogP contribution < -0.4 is 5.32 Å². The first-order valence-electron chi connectivity index (χ1n) is 6.41. The summed E-state index contributed by atoms with van der Waals surface area (Å²) < 4.78 is 0. The summed E-state index contributed by atoms with van der Waals surface area (Å²) in [6, 6.07) is 5.65. The Morgan fingerprint density at radius 1 is 1.44 bits per heavy atom. The summed E-state index contributed by atoms with van der Waals surface area (Å²) in [6.07, 6.45) is 4.50. The molecule has 2 N–H and O–H groups in total. The van der Waals surface area contributed by atoms with Crippen LogP contribution in [0.1, 0.15) is 36.9 Å². The number of nitrogens with one attached hydrogen (secondary N) is 1. The van der Waals surface area contributed by atoms with E-state index in [2.05, 4.69) is 16.4 Å². The van der Waals surface area contributed by atoms with Crippen molar-refractivity contribution < 1.29 is 5.11 Å². The molecule has 0 radical (unpaired) electrons. The van der Waals surface area contributed by atoms with Gasteiger partial charge in [-0.2, -0.15) is 5.26 Å². The summed E-state index contributed by atoms with van der Waals surface area (Å²) in [5.74, 6) is 0.728. The second-order valence-corrected chi connectivity index (χ2v) is 5.21. The lowest BCUT2D eigenvalue weighted by Gasteiger charge is -2.26. The molecule has 1 aromatic heterocycles. The number of nitriles is 1. The van der Waals surface area contributed by atoms with Gasteiger partial charge < -0.3 is 10.4 Å². The normalized spacial score (nSPS) is 17.4. The largest absolute Gasteiger partial charge is 0.396 e. The molecule has 1 aliphatic carbocycles. The van der Waals surface area contributed by atoms with E-state index in [1.54, 1.807) is 12.1 Å². The molecule has 0 spiro atoms. The van der Waals surface area contributed by atoms with Crippen LogP contribution in [0.25, 0.3) is 0 Å². The van der Waals surface area contributed by atoms with Crippen molar-refractivity contribution in [1.82, 2.24) is 4.98 Å². The smallest absolute Gasteiger partial charge is 0.127 e. The van der Waals surface area contributed by atoms with Crippen LogP contribution in [-0.4, -0.2) is 23.2 Å². The van der Waals surface area contributed by atoms with E-state index < -0.39 is 0 Å². The summed E-state index contributed by atoms with van der Waals surface area (Å²) in [7, 11) is 0. The fourth-order valence-corrected chi connectivity index (χ4v) is 2.62. The molecular formula is C14H19N3O. The molecule has 1 saturated carbocycles. The Kier molecular flexibility index (Phi) is 3.83. The zero-order chi connectivity index (χ0) is 13.0. The monoisotopic (exact) mass is 245 g/mol. The Balaban J connectivity index is 2.06. The molecule has 0 bridgehead atoms. The highest BCUT2D eigenvalue weighted by Crippen LogP contribution is 2.37. The highest BCUT2D eigenvalue weighted by atomic mass is 16.3. The molecule has 0 atom stereocenters. The predicted octanol–water partition coefficient (Wildman–Crippen LogP) is 2.23. The first kappa shape index (κ1) is 12.8. The van der Waals surface area contributed by atoms with E-state index in [0.29, 0.717) is 5.56 Å². The third-order valence-electron chi connectivity index (χ3n) is 3.73. The SMILES string of the molecule is Cc1cc(C#N)cc(NCC2(CO)CCCC2)n1. The van der Waals surface area contributed by atoms with Gasteiger partial charge in [-0.3, -0.25) is 0 Å². The van der Waals surface area contributed by atoms with Crippen molar-refractivity contribution in [3.05, 3.63) is 23.4 Å². The van der Waals surface area contributed by atoms with Crippen molar-refractivity contribution in [2.75, 3.05) is 18.5 Å². The minimum Gasteiger partial charge on any atom is -0.396 e. The first-order valence-corrected chi connectivity index (χ1v) is 6.41. The van der Waals surface area contributed by atoms with Gasteiger partial charge in [-0.15, -0.1) is 0 Å². The van der Waals surface area contributed by atoms with Gasteiger partial charge in [-0.25, -0.2) is 4.98 Å². The van der Waals surface area contributed by atoms with Crippen LogP contribution in [0, 0.1) is 23.7 Å². The van der Waals surface area contributed by atoms with E-state index in [4.69, 9.17) is 5.26 Å². The number of nitrogens with zero attached hydrogens (tertiary/aromatic N) is 2. The molecule has 4 heteroatoms. The summed E-state index contributed by atoms with van der Waals surface area (Å²) in [5.41, 5.74) is 1.45. The Labute approximate surface area is 108 Å². The van der Waals surface area contributed by atoms with E-state index >= 15 is 0 Å². The standard InChI is InChI=1S/C14H19N3O/c1-11-6-12(8-15)7-13(17-11)16-9-14(10-18)4-2-3-5-14/h6-7,18H,2-5,9-10H2,1H3,(H,16,17). The third kappa shape index (κ3) is 2.80. The molecule has 0 aliphatic heterocycles. The van der Waals surface area contributed by atoms with Crippen LogP contribution in [0.4, 0.5) is 5.82 Å². The van der Waals surface area contributed by atoms with Crippen LogP contribution in [0.3, 0.4) is 0 Å². The average Bonchev–Trinajstić information content (AvgIpc) is 2.85. The quantitative estimate of drug-likeness (QED) is 0.853. The van der Waals surface area contributed by atoms with E-state index in [9.17, 15) is 5.11 Å². The number of aliphatic hydroxyl groups is 1. The fourth-order valence-electron chi connectivity index (χ4n) is 2.62. The van der Waals surface area contributed by atoms with Gasteiger partial charge >= 0.3 is 0 Å². The number of hydrogen-bond acceptors (Lipinski definition) is 4. The average molecular weight is 245 g/mol. The zero-order valence-electron chi connectivity index (χ0n) is 10.7. The molecule has 1 fully saturated rings. The van der Waals surface area contributed by atoms with E-state index in [-0.39, 0.29) is 12.0 Å². The fraction of sp³-hybridized carbons (Fsp3) is 0.571. The topological polar surface area (TPSA) is 68.9 Å². The predicted molar refractivity (Wildman–Crippen MR) is 70.2 cm³/mol. The third-order valence-corrected chi connectivity index (χ3v) is 3.73. The molecule has 96 valence electrons. The molecule has 0 amide bonds. The number of rotatable bonds is 4. The highest BCUT2D eigenvalue weighted by molar-refractivity contribution is 5.44. The molecule has 4 nitrogen and oxygen atoms in total. The van der Waals surface area contributed by atoms with Crippen LogP contribution in [0.5, 0.6) is 0 Å². The summed E-state index contributed by atoms with van der Waals surface area (Å²) >= 11 is 0. The molecule has 0 aromatic carbocycles. The van der Waals surface area contributed by atoms with Crippen molar-refractivity contribution >= 4 is 5.82 Å². The van der Waals surface area contributed by atoms with Gasteiger partial charge in [0.2, 0.25) is 0 Å². The van der Waals surface area contributed by atoms with Crippen molar-refractivity contribution in [3.63, 3.8) is 0 Å². The van der Waals surface area contributed by atoms with Gasteiger partial charge in [-0.05, 0) is 31.9 Å². The van der Waals surface area contributed by atoms with Gasteiger partial charge in [0, 0.05) is 17.7 Å². The summed E-state index contributed by atoms with van der Waals surface area (Å²) in [5, 5.41) is 21.7. The van der Waals surface area contributed by atoms with Crippen molar-refractivity contribution in [2.45, 2.75) is 32.6 Å². The second kappa shape index (κ2) is 5.36. The molecule has 0 unspecified atom stereocenters. The number of hydrogen-bond donors (Lipinski definition) is 2. The minimum atomic E-state index is -0.00175. The van der Waals surface area contributed by atoms with E-state index in [0.717, 1.165) is 30.9 Å². The summed E-state index contributed by atoms with van der Waals surface area (Å²) in [4.78, 5) is 4.36. The van der Waals surface area contributed by atoms with Crippen molar-refractivity contribution in [3.8, 4) is 6.07 Å². The van der Waals surface area contributed by atoms with Crippen LogP contribution >= 0.6 is 0 Å². The molecular weight excluding hydrogens is 226 g/mol. The van der Waals surface area contributed by atoms with Gasteiger partial charge in [-0.1, -0.05) is 12.8 Å². The maximum atomic E-state index is 9.54. The van der Waals surface area contributed by atoms with Crippen LogP contribution in [0.2, 0.25) is 0 Å². The number of aromatic nitrogens is 1. The van der Waals surface area contributed by atoms with Crippen LogP contribution in [0.15, 0.2) is 12.1 Å². The molecule has 0 saturated heterocycles. The highest BCUT2D eigenvalue weighted by Gasteiger charge is 2.32. The Bertz CT molecular complexity index is 459. The van der Waals surface area contributed by atoms with Crippen LogP contribution in [-0.2, 0) is 0 Å². The lowest BCUT2D eigenvalue weighted by Crippen LogP contribution is -2.30. The molecule has 1 aliphatic rings. The lowest BCUT2D eigenvalue weighted by atomic mass is 9.87. The Hall–Kier alpha value is -1.60. The number of anilines is 1. The molecule has 2 rings (SSSR count). The molecule has 18 heavy (non-hydrogen) atoms. The maximum absolute atomic E-state index is 9.54. The lowest BCUT2D eigenvalue weighted by molar-refractivity contribution is 0.142. The molecule has 1 heterocycles. The summed E-state index contributed by atoms with van der Waals surface area (Å²) in [6.45, 7) is 2.82. The maximum Gasteiger partial charge on any atom is 0.127 e. The van der Waals surface area contributed by atoms with Gasteiger partial charge in [0.05, 0.1) is 18.2 Å². The first-order chi connectivity index (χ1) is 8.67. The van der Waals surface area contributed by atoms with Gasteiger partial charge in [0.1, 0.15) is 5.82 Å². The van der Waals surface area contributed by atoms with Crippen molar-refractivity contribution in [1.29, 1.82) is 5.26 Å². The zero-order valence-corrected chi connectivity index (χ0v) is 10.7. The van der Waals surface area contributed by atoms with Crippen molar-refractivity contribution in [2.24, 2.45) is 5.41 Å². The van der Waals surface area contributed by atoms with E-state index in [1.807, 2.05) is 6.92 Å². The number of pyridine rings is 1. The Morgan fingerprint density at radius 2 is 2.17 bits per heavy atom. The Morgan fingerprint density at radius 3 is 2.78 bits per heavy atom. The second-order valence-electron chi connectivity index (χ2n) is 5.21. The number of aliphatic hydroxyl groups excluding tert-OH is 1. The van der Waals surface area contributed by atoms with Gasteiger partial charge in [0.15, 0.2) is 0 Å². The van der Waals surface area contributed by atoms with E-state index in [1.165, 1.54) is 12.8 Å².